The minimum Gasteiger partial charge on any atom is -0.335 e. The van der Waals surface area contributed by atoms with E-state index in [1.54, 1.807) is 0 Å². The third kappa shape index (κ3) is 2.41. The monoisotopic (exact) mass is 244 g/mol. The second-order valence-electron chi connectivity index (χ2n) is 5.54. The molecule has 1 saturated carbocycles. The molecule has 2 aliphatic rings. The summed E-state index contributed by atoms with van der Waals surface area (Å²) in [6.07, 6.45) is 2.36. The molecule has 1 N–H and O–H groups in total. The van der Waals surface area contributed by atoms with E-state index < -0.39 is 0 Å². The third-order valence-corrected chi connectivity index (χ3v) is 3.84. The lowest BCUT2D eigenvalue weighted by Gasteiger charge is -2.32. The van der Waals surface area contributed by atoms with Crippen LogP contribution in [0.15, 0.2) is 24.3 Å². The van der Waals surface area contributed by atoms with Crippen LogP contribution >= 0.6 is 0 Å². The van der Waals surface area contributed by atoms with Gasteiger partial charge < -0.3 is 10.2 Å². The van der Waals surface area contributed by atoms with Crippen molar-refractivity contribution in [3.8, 4) is 0 Å². The molecule has 1 aliphatic heterocycles. The number of aryl methyl sites for hydroxylation is 1. The minimum atomic E-state index is 0.218. The molecule has 0 spiro atoms. The van der Waals surface area contributed by atoms with Crippen molar-refractivity contribution in [3.05, 3.63) is 35.4 Å². The van der Waals surface area contributed by atoms with Gasteiger partial charge in [-0.25, -0.2) is 0 Å². The number of benzene rings is 1. The fraction of sp³-hybridized carbons (Fsp3) is 0.533. The van der Waals surface area contributed by atoms with E-state index in [9.17, 15) is 4.79 Å². The number of hydrogen-bond acceptors (Lipinski definition) is 2. The Bertz CT molecular complexity index is 450. The number of nitrogens with zero attached hydrogens (tertiary/aromatic N) is 1. The van der Waals surface area contributed by atoms with Gasteiger partial charge >= 0.3 is 0 Å². The Morgan fingerprint density at radius 2 is 2.17 bits per heavy atom. The summed E-state index contributed by atoms with van der Waals surface area (Å²) in [5, 5.41) is 3.18. The average Bonchev–Trinajstić information content (AvgIpc) is 3.07. The lowest BCUT2D eigenvalue weighted by atomic mass is 10.0. The molecule has 18 heavy (non-hydrogen) atoms. The van der Waals surface area contributed by atoms with E-state index in [0.29, 0.717) is 11.9 Å². The molecular formula is C15H20N2O. The Kier molecular flexibility index (Phi) is 3.08. The molecule has 3 nitrogen and oxygen atoms in total. The molecule has 1 saturated heterocycles. The highest BCUT2D eigenvalue weighted by molar-refractivity contribution is 5.80. The van der Waals surface area contributed by atoms with Crippen molar-refractivity contribution in [2.75, 3.05) is 13.1 Å². The highest BCUT2D eigenvalue weighted by atomic mass is 16.2. The molecular weight excluding hydrogens is 224 g/mol. The Balaban J connectivity index is 1.71. The fourth-order valence-corrected chi connectivity index (χ4v) is 2.48. The zero-order valence-corrected chi connectivity index (χ0v) is 10.9. The number of carbonyl (C=O) groups excluding carboxylic acids is 1. The van der Waals surface area contributed by atoms with E-state index in [-0.39, 0.29) is 5.92 Å². The normalized spacial score (nSPS) is 19.4. The zero-order chi connectivity index (χ0) is 12.5. The van der Waals surface area contributed by atoms with Crippen LogP contribution in [-0.2, 0) is 11.3 Å². The average molecular weight is 244 g/mol. The smallest absolute Gasteiger partial charge is 0.228 e. The summed E-state index contributed by atoms with van der Waals surface area (Å²) in [5.41, 5.74) is 2.52. The topological polar surface area (TPSA) is 32.3 Å². The highest BCUT2D eigenvalue weighted by Crippen LogP contribution is 2.30. The van der Waals surface area contributed by atoms with Crippen molar-refractivity contribution in [2.45, 2.75) is 32.4 Å². The van der Waals surface area contributed by atoms with Crippen molar-refractivity contribution in [3.63, 3.8) is 0 Å². The maximum Gasteiger partial charge on any atom is 0.228 e. The number of hydrogen-bond donors (Lipinski definition) is 1. The van der Waals surface area contributed by atoms with E-state index in [0.717, 1.165) is 19.6 Å². The van der Waals surface area contributed by atoms with Gasteiger partial charge in [0.15, 0.2) is 0 Å². The molecule has 0 unspecified atom stereocenters. The largest absolute Gasteiger partial charge is 0.335 e. The Labute approximate surface area is 108 Å². The predicted octanol–water partition coefficient (Wildman–Crippen LogP) is 1.71. The SMILES string of the molecule is Cc1cccc(CN(C(=O)C2CNC2)C2CC2)c1. The van der Waals surface area contributed by atoms with Crippen molar-refractivity contribution in [1.29, 1.82) is 0 Å². The first-order chi connectivity index (χ1) is 8.74. The summed E-state index contributed by atoms with van der Waals surface area (Å²) in [7, 11) is 0. The van der Waals surface area contributed by atoms with E-state index in [1.165, 1.54) is 24.0 Å². The van der Waals surface area contributed by atoms with Gasteiger partial charge in [-0.2, -0.15) is 0 Å². The molecule has 1 aliphatic carbocycles. The maximum atomic E-state index is 12.4. The van der Waals surface area contributed by atoms with Crippen LogP contribution in [0.1, 0.15) is 24.0 Å². The second kappa shape index (κ2) is 4.73. The predicted molar refractivity (Wildman–Crippen MR) is 71.1 cm³/mol. The van der Waals surface area contributed by atoms with Gasteiger partial charge in [0.2, 0.25) is 5.91 Å². The first-order valence-electron chi connectivity index (χ1n) is 6.81. The molecule has 3 rings (SSSR count). The molecule has 0 radical (unpaired) electrons. The van der Waals surface area contributed by atoms with E-state index in [1.807, 2.05) is 0 Å². The van der Waals surface area contributed by atoms with E-state index >= 15 is 0 Å². The van der Waals surface area contributed by atoms with Crippen LogP contribution in [-0.4, -0.2) is 29.9 Å². The molecule has 0 bridgehead atoms. The molecule has 96 valence electrons. The molecule has 2 fully saturated rings. The first-order valence-corrected chi connectivity index (χ1v) is 6.81. The summed E-state index contributed by atoms with van der Waals surface area (Å²) in [4.78, 5) is 14.5. The summed E-state index contributed by atoms with van der Waals surface area (Å²) >= 11 is 0. The lowest BCUT2D eigenvalue weighted by Crippen LogP contribution is -2.52. The molecule has 1 heterocycles. The summed E-state index contributed by atoms with van der Waals surface area (Å²) in [5.74, 6) is 0.563. The van der Waals surface area contributed by atoms with Crippen LogP contribution in [0.25, 0.3) is 0 Å². The highest BCUT2D eigenvalue weighted by Gasteiger charge is 2.37. The lowest BCUT2D eigenvalue weighted by molar-refractivity contribution is -0.138. The van der Waals surface area contributed by atoms with Crippen molar-refractivity contribution >= 4 is 5.91 Å². The number of nitrogens with one attached hydrogen (secondary N) is 1. The summed E-state index contributed by atoms with van der Waals surface area (Å²) in [6.45, 7) is 4.59. The Hall–Kier alpha value is -1.35. The van der Waals surface area contributed by atoms with Crippen LogP contribution in [0.3, 0.4) is 0 Å². The van der Waals surface area contributed by atoms with E-state index in [4.69, 9.17) is 0 Å². The number of rotatable bonds is 4. The Morgan fingerprint density at radius 1 is 1.39 bits per heavy atom. The van der Waals surface area contributed by atoms with Crippen molar-refractivity contribution < 1.29 is 4.79 Å². The van der Waals surface area contributed by atoms with Crippen LogP contribution < -0.4 is 5.32 Å². The number of amides is 1. The molecule has 1 aromatic rings. The quantitative estimate of drug-likeness (QED) is 0.874. The van der Waals surface area contributed by atoms with Gasteiger partial charge in [0, 0.05) is 25.7 Å². The number of carbonyl (C=O) groups is 1. The third-order valence-electron chi connectivity index (χ3n) is 3.84. The maximum absolute atomic E-state index is 12.4. The first kappa shape index (κ1) is 11.7. The van der Waals surface area contributed by atoms with Gasteiger partial charge in [-0.1, -0.05) is 29.8 Å². The Morgan fingerprint density at radius 3 is 2.72 bits per heavy atom. The van der Waals surface area contributed by atoms with Crippen molar-refractivity contribution in [1.82, 2.24) is 10.2 Å². The van der Waals surface area contributed by atoms with Crippen molar-refractivity contribution in [2.24, 2.45) is 5.92 Å². The summed E-state index contributed by atoms with van der Waals surface area (Å²) < 4.78 is 0. The van der Waals surface area contributed by atoms with Crippen LogP contribution in [0.5, 0.6) is 0 Å². The fourth-order valence-electron chi connectivity index (χ4n) is 2.48. The van der Waals surface area contributed by atoms with E-state index in [2.05, 4.69) is 41.4 Å². The molecule has 1 aromatic carbocycles. The van der Waals surface area contributed by atoms with Gasteiger partial charge in [-0.3, -0.25) is 4.79 Å². The van der Waals surface area contributed by atoms with Crippen LogP contribution in [0, 0.1) is 12.8 Å². The van der Waals surface area contributed by atoms with Crippen LogP contribution in [0.4, 0.5) is 0 Å². The van der Waals surface area contributed by atoms with Gasteiger partial charge in [-0.15, -0.1) is 0 Å². The molecule has 0 atom stereocenters. The molecule has 0 aromatic heterocycles. The van der Waals surface area contributed by atoms with Crippen LogP contribution in [0.2, 0.25) is 0 Å². The summed E-state index contributed by atoms with van der Waals surface area (Å²) in [6, 6.07) is 8.98. The second-order valence-corrected chi connectivity index (χ2v) is 5.54. The zero-order valence-electron chi connectivity index (χ0n) is 10.9. The minimum absolute atomic E-state index is 0.218. The molecule has 1 amide bonds. The van der Waals surface area contributed by atoms with Gasteiger partial charge in [0.25, 0.3) is 0 Å². The molecule has 3 heteroatoms. The van der Waals surface area contributed by atoms with Gasteiger partial charge in [-0.05, 0) is 25.3 Å². The van der Waals surface area contributed by atoms with Gasteiger partial charge in [0.05, 0.1) is 5.92 Å². The standard InChI is InChI=1S/C15H20N2O/c1-11-3-2-4-12(7-11)10-17(14-5-6-14)15(18)13-8-16-9-13/h2-4,7,13-14,16H,5-6,8-10H2,1H3. The van der Waals surface area contributed by atoms with Gasteiger partial charge in [0.1, 0.15) is 0 Å².